The van der Waals surface area contributed by atoms with Gasteiger partial charge in [0.25, 0.3) is 0 Å². The van der Waals surface area contributed by atoms with E-state index in [0.29, 0.717) is 23.0 Å². The first-order chi connectivity index (χ1) is 17.2. The second kappa shape index (κ2) is 9.70. The number of nitrogens with one attached hydrogen (secondary N) is 1. The second-order valence-electron chi connectivity index (χ2n) is 11.1. The molecule has 0 amide bonds. The van der Waals surface area contributed by atoms with Crippen molar-refractivity contribution in [2.75, 3.05) is 31.1 Å². The molecule has 1 spiro atoms. The highest BCUT2D eigenvalue weighted by atomic mass is 16.3. The zero-order valence-corrected chi connectivity index (χ0v) is 20.8. The topological polar surface area (TPSA) is 35.5 Å². The van der Waals surface area contributed by atoms with Crippen LogP contribution < -0.4 is 10.2 Å². The van der Waals surface area contributed by atoms with E-state index in [2.05, 4.69) is 70.9 Å². The number of hydrogen-bond acceptors (Lipinski definition) is 3. The zero-order chi connectivity index (χ0) is 23.7. The van der Waals surface area contributed by atoms with E-state index in [-0.39, 0.29) is 0 Å². The number of anilines is 1. The fourth-order valence-electron chi connectivity index (χ4n) is 7.14. The number of fused-ring (bicyclic) bond motifs is 1. The van der Waals surface area contributed by atoms with Crippen LogP contribution in [0.15, 0.2) is 72.8 Å². The molecule has 1 aliphatic carbocycles. The summed E-state index contributed by atoms with van der Waals surface area (Å²) < 4.78 is 0. The van der Waals surface area contributed by atoms with Crippen LogP contribution in [0.5, 0.6) is 5.75 Å². The summed E-state index contributed by atoms with van der Waals surface area (Å²) in [6, 6.07) is 26.5. The molecule has 2 N–H and O–H groups in total. The molecule has 0 radical (unpaired) electrons. The number of phenols is 1. The third kappa shape index (κ3) is 4.59. The van der Waals surface area contributed by atoms with Gasteiger partial charge in [0.05, 0.1) is 0 Å². The molecule has 0 aromatic heterocycles. The van der Waals surface area contributed by atoms with Gasteiger partial charge in [0, 0.05) is 31.2 Å². The standard InChI is InChI=1S/C32H38N2O/c35-28-13-15-30-26(22-28)10-14-29(24-6-2-1-3-7-24)31(30)25-8-11-27(12-9-25)34-20-5-17-32(18-21-34)16-4-19-33-23-32/h1-3,6-9,11-13,15,22,29,31,33,35H,4-5,10,14,16-21,23H2/t29-,31+,32?/m1/s1. The van der Waals surface area contributed by atoms with Crippen LogP contribution in [0, 0.1) is 5.41 Å². The first kappa shape index (κ1) is 22.7. The molecule has 35 heavy (non-hydrogen) atoms. The van der Waals surface area contributed by atoms with Crippen molar-refractivity contribution < 1.29 is 5.11 Å². The Kier molecular flexibility index (Phi) is 6.28. The normalized spacial score (nSPS) is 26.8. The van der Waals surface area contributed by atoms with Crippen molar-refractivity contribution in [3.05, 3.63) is 95.1 Å². The van der Waals surface area contributed by atoms with Crippen LogP contribution in [0.1, 0.15) is 72.6 Å². The number of aryl methyl sites for hydroxylation is 1. The summed E-state index contributed by atoms with van der Waals surface area (Å²) in [5.74, 6) is 1.15. The first-order valence-electron chi connectivity index (χ1n) is 13.6. The van der Waals surface area contributed by atoms with Crippen molar-refractivity contribution in [2.24, 2.45) is 5.41 Å². The van der Waals surface area contributed by atoms with Gasteiger partial charge in [-0.05, 0) is 109 Å². The molecule has 3 aliphatic rings. The molecule has 3 atom stereocenters. The van der Waals surface area contributed by atoms with E-state index >= 15 is 0 Å². The van der Waals surface area contributed by atoms with Crippen LogP contribution >= 0.6 is 0 Å². The highest BCUT2D eigenvalue weighted by Crippen LogP contribution is 2.47. The zero-order valence-electron chi connectivity index (χ0n) is 20.8. The maximum atomic E-state index is 10.1. The summed E-state index contributed by atoms with van der Waals surface area (Å²) in [6.45, 7) is 4.73. The van der Waals surface area contributed by atoms with Crippen LogP contribution in [0.25, 0.3) is 0 Å². The number of aromatic hydroxyl groups is 1. The molecule has 2 saturated heterocycles. The highest BCUT2D eigenvalue weighted by molar-refractivity contribution is 5.52. The Morgan fingerprint density at radius 1 is 0.829 bits per heavy atom. The number of hydrogen-bond donors (Lipinski definition) is 2. The Bertz CT molecular complexity index is 1130. The van der Waals surface area contributed by atoms with E-state index in [1.807, 2.05) is 12.1 Å². The quantitative estimate of drug-likeness (QED) is 0.456. The van der Waals surface area contributed by atoms with Gasteiger partial charge in [0.15, 0.2) is 0 Å². The lowest BCUT2D eigenvalue weighted by Crippen LogP contribution is -2.40. The minimum Gasteiger partial charge on any atom is -0.508 e. The summed E-state index contributed by atoms with van der Waals surface area (Å²) in [6.07, 6.45) is 8.80. The van der Waals surface area contributed by atoms with E-state index in [1.165, 1.54) is 86.2 Å². The molecule has 3 heteroatoms. The summed E-state index contributed by atoms with van der Waals surface area (Å²) in [5.41, 5.74) is 7.36. The van der Waals surface area contributed by atoms with Crippen LogP contribution in [0.3, 0.4) is 0 Å². The number of phenolic OH excluding ortho intramolecular Hbond substituents is 1. The fraction of sp³-hybridized carbons (Fsp3) is 0.438. The largest absolute Gasteiger partial charge is 0.508 e. The van der Waals surface area contributed by atoms with Gasteiger partial charge in [-0.3, -0.25) is 0 Å². The molecular weight excluding hydrogens is 428 g/mol. The van der Waals surface area contributed by atoms with Gasteiger partial charge < -0.3 is 15.3 Å². The van der Waals surface area contributed by atoms with Gasteiger partial charge in [-0.2, -0.15) is 0 Å². The summed E-state index contributed by atoms with van der Waals surface area (Å²) >= 11 is 0. The Balaban J connectivity index is 1.27. The third-order valence-electron chi connectivity index (χ3n) is 9.04. The molecule has 182 valence electrons. The molecular formula is C32H38N2O. The molecule has 6 rings (SSSR count). The molecule has 0 bridgehead atoms. The minimum absolute atomic E-state index is 0.316. The summed E-state index contributed by atoms with van der Waals surface area (Å²) in [7, 11) is 0. The summed E-state index contributed by atoms with van der Waals surface area (Å²) in [5, 5.41) is 13.8. The van der Waals surface area contributed by atoms with Crippen LogP contribution in [-0.4, -0.2) is 31.3 Å². The van der Waals surface area contributed by atoms with Gasteiger partial charge in [-0.25, -0.2) is 0 Å². The molecule has 2 fully saturated rings. The molecule has 2 aliphatic heterocycles. The Morgan fingerprint density at radius 3 is 2.46 bits per heavy atom. The smallest absolute Gasteiger partial charge is 0.115 e. The van der Waals surface area contributed by atoms with Crippen molar-refractivity contribution in [3.8, 4) is 5.75 Å². The Morgan fingerprint density at radius 2 is 1.66 bits per heavy atom. The van der Waals surface area contributed by atoms with E-state index in [4.69, 9.17) is 0 Å². The molecule has 3 nitrogen and oxygen atoms in total. The summed E-state index contributed by atoms with van der Waals surface area (Å²) in [4.78, 5) is 2.62. The number of benzene rings is 3. The van der Waals surface area contributed by atoms with Crippen LogP contribution in [0.4, 0.5) is 5.69 Å². The van der Waals surface area contributed by atoms with Gasteiger partial charge in [-0.15, -0.1) is 0 Å². The highest BCUT2D eigenvalue weighted by Gasteiger charge is 2.35. The van der Waals surface area contributed by atoms with Gasteiger partial charge in [0.1, 0.15) is 5.75 Å². The van der Waals surface area contributed by atoms with Gasteiger partial charge in [0.2, 0.25) is 0 Å². The van der Waals surface area contributed by atoms with Gasteiger partial charge in [-0.1, -0.05) is 48.5 Å². The molecule has 0 saturated carbocycles. The molecule has 1 unspecified atom stereocenters. The fourth-order valence-corrected chi connectivity index (χ4v) is 7.14. The SMILES string of the molecule is Oc1ccc2c(c1)CC[C@H](c1ccccc1)[C@@H]2c1ccc(N2CCCC3(CCCNC3)CC2)cc1. The maximum absolute atomic E-state index is 10.1. The van der Waals surface area contributed by atoms with E-state index < -0.39 is 0 Å². The minimum atomic E-state index is 0.316. The van der Waals surface area contributed by atoms with Crippen molar-refractivity contribution >= 4 is 5.69 Å². The predicted octanol–water partition coefficient (Wildman–Crippen LogP) is 6.61. The molecule has 2 heterocycles. The van der Waals surface area contributed by atoms with Crippen LogP contribution in [0.2, 0.25) is 0 Å². The number of rotatable bonds is 3. The average molecular weight is 467 g/mol. The lowest BCUT2D eigenvalue weighted by atomic mass is 9.69. The third-order valence-corrected chi connectivity index (χ3v) is 9.04. The van der Waals surface area contributed by atoms with E-state index in [1.54, 1.807) is 0 Å². The monoisotopic (exact) mass is 466 g/mol. The van der Waals surface area contributed by atoms with Crippen LogP contribution in [-0.2, 0) is 6.42 Å². The molecule has 3 aromatic carbocycles. The number of piperidine rings is 1. The Labute approximate surface area is 210 Å². The Hall–Kier alpha value is -2.78. The maximum Gasteiger partial charge on any atom is 0.115 e. The van der Waals surface area contributed by atoms with E-state index in [9.17, 15) is 5.11 Å². The van der Waals surface area contributed by atoms with Gasteiger partial charge >= 0.3 is 0 Å². The van der Waals surface area contributed by atoms with Crippen molar-refractivity contribution in [1.29, 1.82) is 0 Å². The van der Waals surface area contributed by atoms with Crippen molar-refractivity contribution in [3.63, 3.8) is 0 Å². The van der Waals surface area contributed by atoms with E-state index in [0.717, 1.165) is 12.8 Å². The predicted molar refractivity (Wildman–Crippen MR) is 144 cm³/mol. The number of nitrogens with zero attached hydrogens (tertiary/aromatic N) is 1. The lowest BCUT2D eigenvalue weighted by molar-refractivity contribution is 0.185. The first-order valence-corrected chi connectivity index (χ1v) is 13.6. The van der Waals surface area contributed by atoms with Crippen molar-refractivity contribution in [1.82, 2.24) is 5.32 Å². The molecule has 3 aromatic rings. The second-order valence-corrected chi connectivity index (χ2v) is 11.1. The lowest BCUT2D eigenvalue weighted by Gasteiger charge is -2.37. The van der Waals surface area contributed by atoms with Crippen molar-refractivity contribution in [2.45, 2.75) is 56.8 Å². The average Bonchev–Trinajstić information content (AvgIpc) is 3.11.